The molecule has 3 N–H and O–H groups in total. The fourth-order valence-electron chi connectivity index (χ4n) is 3.11. The Morgan fingerprint density at radius 2 is 2.00 bits per heavy atom. The fraction of sp³-hybridized carbons (Fsp3) is 0.688. The van der Waals surface area contributed by atoms with Gasteiger partial charge >= 0.3 is 0 Å². The smallest absolute Gasteiger partial charge is 0.217 e. The zero-order valence-electron chi connectivity index (χ0n) is 13.3. The minimum atomic E-state index is 0.188. The van der Waals surface area contributed by atoms with Gasteiger partial charge in [-0.05, 0) is 46.5 Å². The fourth-order valence-corrected chi connectivity index (χ4v) is 3.11. The lowest BCUT2D eigenvalue weighted by Gasteiger charge is -2.24. The van der Waals surface area contributed by atoms with Gasteiger partial charge < -0.3 is 15.1 Å². The molecule has 0 unspecified atom stereocenters. The molecule has 0 atom stereocenters. The lowest BCUT2D eigenvalue weighted by molar-refractivity contribution is 0.149. The highest BCUT2D eigenvalue weighted by Gasteiger charge is 2.45. The van der Waals surface area contributed by atoms with Crippen LogP contribution in [0.5, 0.6) is 5.88 Å². The zero-order chi connectivity index (χ0) is 15.0. The highest BCUT2D eigenvalue weighted by Crippen LogP contribution is 2.41. The van der Waals surface area contributed by atoms with E-state index in [0.717, 1.165) is 36.5 Å². The molecule has 21 heavy (non-hydrogen) atoms. The highest BCUT2D eigenvalue weighted by molar-refractivity contribution is 5.67. The summed E-state index contributed by atoms with van der Waals surface area (Å²) in [6.07, 6.45) is 6.39. The van der Waals surface area contributed by atoms with Crippen molar-refractivity contribution in [3.8, 4) is 5.88 Å². The van der Waals surface area contributed by atoms with Gasteiger partial charge in [0, 0.05) is 18.2 Å². The zero-order valence-corrected chi connectivity index (χ0v) is 13.3. The van der Waals surface area contributed by atoms with Crippen LogP contribution in [-0.2, 0) is 0 Å². The van der Waals surface area contributed by atoms with Crippen molar-refractivity contribution in [2.75, 3.05) is 16.9 Å². The molecule has 2 aliphatic rings. The summed E-state index contributed by atoms with van der Waals surface area (Å²) < 4.78 is 6.11. The van der Waals surface area contributed by atoms with Crippen molar-refractivity contribution in [1.29, 1.82) is 0 Å². The SMILES string of the molecule is Cc1c(NN)cc(OC2CCCCC2)nc1N1CC1(C)C. The minimum absolute atomic E-state index is 0.188. The maximum absolute atomic E-state index is 6.11. The number of hydrogen-bond acceptors (Lipinski definition) is 5. The summed E-state index contributed by atoms with van der Waals surface area (Å²) in [6.45, 7) is 7.52. The van der Waals surface area contributed by atoms with Crippen LogP contribution in [0, 0.1) is 6.92 Å². The molecule has 0 spiro atoms. The summed E-state index contributed by atoms with van der Waals surface area (Å²) in [5, 5.41) is 0. The highest BCUT2D eigenvalue weighted by atomic mass is 16.5. The molecule has 0 amide bonds. The molecule has 3 rings (SSSR count). The van der Waals surface area contributed by atoms with Gasteiger partial charge in [0.05, 0.1) is 11.2 Å². The van der Waals surface area contributed by atoms with Gasteiger partial charge in [-0.3, -0.25) is 5.84 Å². The van der Waals surface area contributed by atoms with Gasteiger partial charge in [0.15, 0.2) is 0 Å². The second-order valence-corrected chi connectivity index (χ2v) is 6.88. The second-order valence-electron chi connectivity index (χ2n) is 6.88. The number of aromatic nitrogens is 1. The number of ether oxygens (including phenoxy) is 1. The Morgan fingerprint density at radius 3 is 2.57 bits per heavy atom. The van der Waals surface area contributed by atoms with Crippen LogP contribution < -0.4 is 20.9 Å². The van der Waals surface area contributed by atoms with Gasteiger partial charge in [0.2, 0.25) is 5.88 Å². The van der Waals surface area contributed by atoms with Gasteiger partial charge in [0.1, 0.15) is 11.9 Å². The molecule has 1 aromatic rings. The molecule has 0 aromatic carbocycles. The molecule has 116 valence electrons. The number of nitrogens with one attached hydrogen (secondary N) is 1. The Labute approximate surface area is 126 Å². The minimum Gasteiger partial charge on any atom is -0.474 e. The van der Waals surface area contributed by atoms with E-state index >= 15 is 0 Å². The standard InChI is InChI=1S/C16H26N4O/c1-11-13(19-17)9-14(21-12-7-5-4-6-8-12)18-15(11)20-10-16(20,2)3/h9,12H,4-8,10,17H2,1-3H3,(H,18,19). The Morgan fingerprint density at radius 1 is 1.33 bits per heavy atom. The van der Waals surface area contributed by atoms with Gasteiger partial charge in [-0.1, -0.05) is 6.42 Å². The van der Waals surface area contributed by atoms with Crippen LogP contribution in [0.15, 0.2) is 6.07 Å². The molecule has 2 fully saturated rings. The quantitative estimate of drug-likeness (QED) is 0.507. The summed E-state index contributed by atoms with van der Waals surface area (Å²) in [4.78, 5) is 7.03. The first-order valence-corrected chi connectivity index (χ1v) is 7.94. The van der Waals surface area contributed by atoms with E-state index in [1.165, 1.54) is 19.3 Å². The van der Waals surface area contributed by atoms with Crippen LogP contribution in [0.25, 0.3) is 0 Å². The lowest BCUT2D eigenvalue weighted by Crippen LogP contribution is -2.21. The molecule has 1 aliphatic heterocycles. The molecular formula is C16H26N4O. The molecule has 1 aliphatic carbocycles. The van der Waals surface area contributed by atoms with Crippen molar-refractivity contribution < 1.29 is 4.74 Å². The lowest BCUT2D eigenvalue weighted by atomic mass is 9.98. The Kier molecular flexibility index (Phi) is 3.69. The second kappa shape index (κ2) is 5.37. The third-order valence-electron chi connectivity index (χ3n) is 4.65. The first-order chi connectivity index (χ1) is 10.0. The van der Waals surface area contributed by atoms with Crippen molar-refractivity contribution in [3.63, 3.8) is 0 Å². The number of anilines is 2. The van der Waals surface area contributed by atoms with Crippen molar-refractivity contribution in [1.82, 2.24) is 4.98 Å². The predicted octanol–water partition coefficient (Wildman–Crippen LogP) is 2.99. The first-order valence-electron chi connectivity index (χ1n) is 7.94. The number of rotatable bonds is 4. The van der Waals surface area contributed by atoms with Crippen LogP contribution in [0.2, 0.25) is 0 Å². The molecule has 2 heterocycles. The average Bonchev–Trinajstić information content (AvgIpc) is 3.10. The summed E-state index contributed by atoms with van der Waals surface area (Å²) in [5.41, 5.74) is 4.94. The van der Waals surface area contributed by atoms with Crippen molar-refractivity contribution in [3.05, 3.63) is 11.6 Å². The molecule has 5 heteroatoms. The Hall–Kier alpha value is -1.49. The van der Waals surface area contributed by atoms with Gasteiger partial charge in [-0.25, -0.2) is 0 Å². The summed E-state index contributed by atoms with van der Waals surface area (Å²) >= 11 is 0. The number of pyridine rings is 1. The predicted molar refractivity (Wildman–Crippen MR) is 85.7 cm³/mol. The largest absolute Gasteiger partial charge is 0.474 e. The number of hydrazine groups is 1. The number of hydrogen-bond donors (Lipinski definition) is 2. The van der Waals surface area contributed by atoms with E-state index < -0.39 is 0 Å². The molecule has 0 bridgehead atoms. The Bertz CT molecular complexity index is 523. The number of nitrogen functional groups attached to an aromatic ring is 1. The van der Waals surface area contributed by atoms with Gasteiger partial charge in [-0.15, -0.1) is 0 Å². The van der Waals surface area contributed by atoms with Crippen molar-refractivity contribution in [2.24, 2.45) is 5.84 Å². The van der Waals surface area contributed by atoms with E-state index in [1.54, 1.807) is 0 Å². The first kappa shape index (κ1) is 14.4. The van der Waals surface area contributed by atoms with Gasteiger partial charge in [0.25, 0.3) is 0 Å². The summed E-state index contributed by atoms with van der Waals surface area (Å²) in [7, 11) is 0. The van der Waals surface area contributed by atoms with Crippen molar-refractivity contribution in [2.45, 2.75) is 64.5 Å². The summed E-state index contributed by atoms with van der Waals surface area (Å²) in [6, 6.07) is 1.92. The molecule has 5 nitrogen and oxygen atoms in total. The average molecular weight is 290 g/mol. The van der Waals surface area contributed by atoms with Crippen LogP contribution in [-0.4, -0.2) is 23.2 Å². The number of nitrogens with zero attached hydrogens (tertiary/aromatic N) is 2. The van der Waals surface area contributed by atoms with E-state index in [9.17, 15) is 0 Å². The molecule has 0 radical (unpaired) electrons. The van der Waals surface area contributed by atoms with Crippen LogP contribution in [0.3, 0.4) is 0 Å². The third-order valence-corrected chi connectivity index (χ3v) is 4.65. The van der Waals surface area contributed by atoms with E-state index in [0.29, 0.717) is 12.0 Å². The van der Waals surface area contributed by atoms with E-state index in [-0.39, 0.29) is 5.54 Å². The van der Waals surface area contributed by atoms with Crippen LogP contribution in [0.4, 0.5) is 11.5 Å². The van der Waals surface area contributed by atoms with Crippen LogP contribution >= 0.6 is 0 Å². The topological polar surface area (TPSA) is 63.2 Å². The maximum Gasteiger partial charge on any atom is 0.217 e. The maximum atomic E-state index is 6.11. The number of nitrogens with two attached hydrogens (primary N) is 1. The van der Waals surface area contributed by atoms with E-state index in [2.05, 4.69) is 31.1 Å². The van der Waals surface area contributed by atoms with Gasteiger partial charge in [-0.2, -0.15) is 4.98 Å². The van der Waals surface area contributed by atoms with E-state index in [1.807, 2.05) is 6.07 Å². The van der Waals surface area contributed by atoms with Crippen molar-refractivity contribution >= 4 is 11.5 Å². The Balaban J connectivity index is 1.85. The third kappa shape index (κ3) is 2.93. The van der Waals surface area contributed by atoms with E-state index in [4.69, 9.17) is 15.6 Å². The molecular weight excluding hydrogens is 264 g/mol. The molecule has 1 aromatic heterocycles. The summed E-state index contributed by atoms with van der Waals surface area (Å²) in [5.74, 6) is 7.34. The van der Waals surface area contributed by atoms with Crippen LogP contribution in [0.1, 0.15) is 51.5 Å². The normalized spacial score (nSPS) is 21.2. The molecule has 1 saturated carbocycles. The monoisotopic (exact) mass is 290 g/mol. The molecule has 1 saturated heterocycles.